The lowest BCUT2D eigenvalue weighted by atomic mass is 10.1. The normalized spacial score (nSPS) is 12.0. The average Bonchev–Trinajstić information content (AvgIpc) is 3.16. The number of hydrogen-bond acceptors (Lipinski definition) is 6. The Hall–Kier alpha value is -3.61. The van der Waals surface area contributed by atoms with E-state index in [-0.39, 0.29) is 12.7 Å². The van der Waals surface area contributed by atoms with E-state index in [9.17, 15) is 4.79 Å². The van der Waals surface area contributed by atoms with Crippen molar-refractivity contribution >= 4 is 17.4 Å². The number of nitrogens with zero attached hydrogens (tertiary/aromatic N) is 2. The van der Waals surface area contributed by atoms with E-state index in [4.69, 9.17) is 9.47 Å². The van der Waals surface area contributed by atoms with Crippen molar-refractivity contribution in [2.24, 2.45) is 0 Å². The number of aromatic nitrogens is 2. The molecule has 29 heavy (non-hydrogen) atoms. The molecule has 148 valence electrons. The highest BCUT2D eigenvalue weighted by Gasteiger charge is 2.15. The topological polar surface area (TPSA) is 85.4 Å². The van der Waals surface area contributed by atoms with Crippen LogP contribution >= 0.6 is 0 Å². The van der Waals surface area contributed by atoms with Crippen LogP contribution in [0.5, 0.6) is 11.5 Å². The summed E-state index contributed by atoms with van der Waals surface area (Å²) in [5.41, 5.74) is 4.43. The highest BCUT2D eigenvalue weighted by atomic mass is 16.7. The van der Waals surface area contributed by atoms with Crippen molar-refractivity contribution in [3.05, 3.63) is 70.7 Å². The van der Waals surface area contributed by atoms with Crippen LogP contribution in [0.4, 0.5) is 11.5 Å². The van der Waals surface area contributed by atoms with Crippen molar-refractivity contribution < 1.29 is 14.3 Å². The van der Waals surface area contributed by atoms with E-state index in [1.165, 1.54) is 0 Å². The van der Waals surface area contributed by atoms with Gasteiger partial charge in [0.1, 0.15) is 17.3 Å². The van der Waals surface area contributed by atoms with E-state index in [1.54, 1.807) is 13.0 Å². The molecular formula is C22H22N4O3. The first kappa shape index (κ1) is 18.7. The molecule has 0 bridgehead atoms. The molecule has 0 spiro atoms. The summed E-state index contributed by atoms with van der Waals surface area (Å²) in [5, 5.41) is 6.18. The lowest BCUT2D eigenvalue weighted by Crippen LogP contribution is -2.24. The maximum absolute atomic E-state index is 12.6. The molecule has 7 heteroatoms. The number of aryl methyl sites for hydroxylation is 3. The van der Waals surface area contributed by atoms with Crippen LogP contribution in [0, 0.1) is 20.8 Å². The number of carbonyl (C=O) groups excluding carboxylic acids is 1. The molecule has 0 aliphatic carbocycles. The Morgan fingerprint density at radius 3 is 2.69 bits per heavy atom. The van der Waals surface area contributed by atoms with Crippen LogP contribution in [0.3, 0.4) is 0 Å². The molecule has 1 amide bonds. The predicted octanol–water partition coefficient (Wildman–Crippen LogP) is 3.80. The maximum atomic E-state index is 12.6. The Labute approximate surface area is 169 Å². The van der Waals surface area contributed by atoms with Crippen LogP contribution in [0.15, 0.2) is 42.5 Å². The maximum Gasteiger partial charge on any atom is 0.270 e. The molecule has 7 nitrogen and oxygen atoms in total. The van der Waals surface area contributed by atoms with Crippen LogP contribution in [-0.4, -0.2) is 22.7 Å². The molecule has 1 aliphatic rings. The number of fused-ring (bicyclic) bond motifs is 1. The van der Waals surface area contributed by atoms with Crippen molar-refractivity contribution in [1.82, 2.24) is 15.3 Å². The Kier molecular flexibility index (Phi) is 5.03. The number of rotatable bonds is 5. The summed E-state index contributed by atoms with van der Waals surface area (Å²) in [7, 11) is 0. The molecule has 2 heterocycles. The molecule has 3 aromatic rings. The summed E-state index contributed by atoms with van der Waals surface area (Å²) in [6, 6.07) is 13.4. The van der Waals surface area contributed by atoms with Gasteiger partial charge in [-0.2, -0.15) is 0 Å². The number of ether oxygens (including phenoxy) is 2. The number of benzene rings is 2. The van der Waals surface area contributed by atoms with Crippen LogP contribution in [0.25, 0.3) is 0 Å². The van der Waals surface area contributed by atoms with Gasteiger partial charge in [-0.15, -0.1) is 0 Å². The van der Waals surface area contributed by atoms with Crippen molar-refractivity contribution in [2.75, 3.05) is 12.1 Å². The summed E-state index contributed by atoms with van der Waals surface area (Å²) in [4.78, 5) is 21.3. The fraction of sp³-hybridized carbons (Fsp3) is 0.227. The summed E-state index contributed by atoms with van der Waals surface area (Å²) in [6.07, 6.45) is 0. The number of nitrogens with one attached hydrogen (secondary N) is 2. The molecule has 4 rings (SSSR count). The molecule has 1 aliphatic heterocycles. The van der Waals surface area contributed by atoms with E-state index < -0.39 is 0 Å². The SMILES string of the molecule is Cc1ccc(C)c(Nc2cc(C(=O)NCc3ccc4c(c3)OCO4)nc(C)n2)c1. The number of amides is 1. The second-order valence-corrected chi connectivity index (χ2v) is 7.00. The monoisotopic (exact) mass is 390 g/mol. The van der Waals surface area contributed by atoms with E-state index in [0.29, 0.717) is 35.4 Å². The van der Waals surface area contributed by atoms with Gasteiger partial charge in [0.2, 0.25) is 6.79 Å². The number of carbonyl (C=O) groups is 1. The van der Waals surface area contributed by atoms with Crippen molar-refractivity contribution in [3.8, 4) is 11.5 Å². The first-order chi connectivity index (χ1) is 14.0. The minimum atomic E-state index is -0.266. The third-order valence-electron chi connectivity index (χ3n) is 4.62. The van der Waals surface area contributed by atoms with Gasteiger partial charge in [0, 0.05) is 18.3 Å². The van der Waals surface area contributed by atoms with E-state index in [2.05, 4.69) is 26.7 Å². The molecule has 2 N–H and O–H groups in total. The van der Waals surface area contributed by atoms with Gasteiger partial charge in [0.15, 0.2) is 11.5 Å². The summed E-state index contributed by atoms with van der Waals surface area (Å²) >= 11 is 0. The standard InChI is InChI=1S/C22H22N4O3/c1-13-4-5-14(2)17(8-13)26-21-10-18(24-15(3)25-21)22(27)23-11-16-6-7-19-20(9-16)29-12-28-19/h4-10H,11-12H2,1-3H3,(H,23,27)(H,24,25,26). The second kappa shape index (κ2) is 7.79. The highest BCUT2D eigenvalue weighted by Crippen LogP contribution is 2.32. The third-order valence-corrected chi connectivity index (χ3v) is 4.62. The van der Waals surface area contributed by atoms with Crippen molar-refractivity contribution in [1.29, 1.82) is 0 Å². The zero-order chi connectivity index (χ0) is 20.4. The molecule has 1 aromatic heterocycles. The van der Waals surface area contributed by atoms with Gasteiger partial charge in [-0.05, 0) is 55.7 Å². The van der Waals surface area contributed by atoms with E-state index in [0.717, 1.165) is 22.4 Å². The molecule has 2 aromatic carbocycles. The van der Waals surface area contributed by atoms with Gasteiger partial charge >= 0.3 is 0 Å². The number of anilines is 2. The van der Waals surface area contributed by atoms with Crippen LogP contribution in [0.1, 0.15) is 33.0 Å². The van der Waals surface area contributed by atoms with E-state index >= 15 is 0 Å². The lowest BCUT2D eigenvalue weighted by Gasteiger charge is -2.12. The second-order valence-electron chi connectivity index (χ2n) is 7.00. The molecular weight excluding hydrogens is 368 g/mol. The molecule has 0 unspecified atom stereocenters. The molecule has 0 atom stereocenters. The summed E-state index contributed by atoms with van der Waals surface area (Å²) in [5.74, 6) is 2.24. The van der Waals surface area contributed by atoms with E-state index in [1.807, 2.05) is 44.2 Å². The van der Waals surface area contributed by atoms with Crippen LogP contribution < -0.4 is 20.1 Å². The van der Waals surface area contributed by atoms with Gasteiger partial charge in [-0.25, -0.2) is 9.97 Å². The molecule has 0 saturated carbocycles. The van der Waals surface area contributed by atoms with Crippen LogP contribution in [0.2, 0.25) is 0 Å². The summed E-state index contributed by atoms with van der Waals surface area (Å²) < 4.78 is 10.7. The fourth-order valence-electron chi connectivity index (χ4n) is 3.08. The zero-order valence-corrected chi connectivity index (χ0v) is 16.6. The highest BCUT2D eigenvalue weighted by molar-refractivity contribution is 5.93. The summed E-state index contributed by atoms with van der Waals surface area (Å²) in [6.45, 7) is 6.41. The predicted molar refractivity (Wildman–Crippen MR) is 110 cm³/mol. The Bertz CT molecular complexity index is 1080. The van der Waals surface area contributed by atoms with Gasteiger partial charge in [0.25, 0.3) is 5.91 Å². The van der Waals surface area contributed by atoms with Crippen molar-refractivity contribution in [3.63, 3.8) is 0 Å². The molecule has 0 radical (unpaired) electrons. The van der Waals surface area contributed by atoms with Crippen molar-refractivity contribution in [2.45, 2.75) is 27.3 Å². The Morgan fingerprint density at radius 1 is 1.00 bits per heavy atom. The molecule has 0 fully saturated rings. The quantitative estimate of drug-likeness (QED) is 0.689. The third kappa shape index (κ3) is 4.29. The molecule has 0 saturated heterocycles. The Balaban J connectivity index is 1.48. The lowest BCUT2D eigenvalue weighted by molar-refractivity contribution is 0.0945. The van der Waals surface area contributed by atoms with Gasteiger partial charge in [0.05, 0.1) is 0 Å². The minimum absolute atomic E-state index is 0.224. The van der Waals surface area contributed by atoms with Gasteiger partial charge < -0.3 is 20.1 Å². The minimum Gasteiger partial charge on any atom is -0.454 e. The zero-order valence-electron chi connectivity index (χ0n) is 16.6. The smallest absolute Gasteiger partial charge is 0.270 e. The largest absolute Gasteiger partial charge is 0.454 e. The first-order valence-electron chi connectivity index (χ1n) is 9.34. The first-order valence-corrected chi connectivity index (χ1v) is 9.34. The number of hydrogen-bond donors (Lipinski definition) is 2. The van der Waals surface area contributed by atoms with Gasteiger partial charge in [-0.1, -0.05) is 18.2 Å². The van der Waals surface area contributed by atoms with Gasteiger partial charge in [-0.3, -0.25) is 4.79 Å². The fourth-order valence-corrected chi connectivity index (χ4v) is 3.08. The van der Waals surface area contributed by atoms with Crippen LogP contribution in [-0.2, 0) is 6.54 Å². The Morgan fingerprint density at radius 2 is 1.83 bits per heavy atom. The average molecular weight is 390 g/mol.